The summed E-state index contributed by atoms with van der Waals surface area (Å²) in [7, 11) is 0. The number of thioether (sulfide) groups is 1. The lowest BCUT2D eigenvalue weighted by atomic mass is 10.3. The first-order valence-corrected chi connectivity index (χ1v) is 8.14. The van der Waals surface area contributed by atoms with Crippen LogP contribution >= 0.6 is 11.8 Å². The normalized spacial score (nSPS) is 10.8. The molecule has 2 rings (SSSR count). The number of carbonyl (C=O) groups excluding carboxylic acids is 1. The van der Waals surface area contributed by atoms with E-state index in [1.807, 2.05) is 6.26 Å². The number of nitrogens with zero attached hydrogens (tertiary/aromatic N) is 4. The lowest BCUT2D eigenvalue weighted by molar-refractivity contribution is -0.118. The van der Waals surface area contributed by atoms with Crippen LogP contribution < -0.4 is 10.6 Å². The van der Waals surface area contributed by atoms with Crippen LogP contribution in [-0.4, -0.2) is 45.0 Å². The van der Waals surface area contributed by atoms with Crippen molar-refractivity contribution >= 4 is 34.5 Å². The summed E-state index contributed by atoms with van der Waals surface area (Å²) in [6.07, 6.45) is 4.74. The number of rotatable bonds is 7. The summed E-state index contributed by atoms with van der Waals surface area (Å²) >= 11 is 1.50. The Hall–Kier alpha value is -1.83. The lowest BCUT2D eigenvalue weighted by Crippen LogP contribution is -2.24. The highest BCUT2D eigenvalue weighted by atomic mass is 32.2. The summed E-state index contributed by atoms with van der Waals surface area (Å²) in [5.74, 6) is 0.771. The number of hydrogen-bond acceptors (Lipinski definition) is 6. The summed E-state index contributed by atoms with van der Waals surface area (Å²) in [5, 5.41) is 12.0. The Balaban J connectivity index is 2.29. The van der Waals surface area contributed by atoms with Gasteiger partial charge in [-0.1, -0.05) is 18.7 Å². The van der Waals surface area contributed by atoms with Crippen molar-refractivity contribution < 1.29 is 4.79 Å². The van der Waals surface area contributed by atoms with Crippen molar-refractivity contribution in [3.05, 3.63) is 6.20 Å². The highest BCUT2D eigenvalue weighted by molar-refractivity contribution is 7.98. The van der Waals surface area contributed by atoms with Crippen molar-refractivity contribution in [1.82, 2.24) is 25.1 Å². The monoisotopic (exact) mass is 308 g/mol. The van der Waals surface area contributed by atoms with Gasteiger partial charge in [0, 0.05) is 20.0 Å². The van der Waals surface area contributed by atoms with Gasteiger partial charge in [0.15, 0.2) is 10.8 Å². The Labute approximate surface area is 127 Å². The van der Waals surface area contributed by atoms with Gasteiger partial charge in [-0.2, -0.15) is 5.10 Å². The van der Waals surface area contributed by atoms with Crippen molar-refractivity contribution in [2.24, 2.45) is 0 Å². The number of fused-ring (bicyclic) bond motifs is 1. The molecule has 0 aliphatic heterocycles. The molecule has 0 saturated carbocycles. The van der Waals surface area contributed by atoms with Gasteiger partial charge in [0.1, 0.15) is 5.82 Å². The van der Waals surface area contributed by atoms with Gasteiger partial charge in [-0.15, -0.1) is 0 Å². The molecule has 21 heavy (non-hydrogen) atoms. The first-order chi connectivity index (χ1) is 10.2. The molecule has 7 nitrogen and oxygen atoms in total. The van der Waals surface area contributed by atoms with E-state index in [1.165, 1.54) is 18.7 Å². The van der Waals surface area contributed by atoms with Crippen molar-refractivity contribution in [3.63, 3.8) is 0 Å². The van der Waals surface area contributed by atoms with E-state index >= 15 is 0 Å². The molecule has 0 fully saturated rings. The van der Waals surface area contributed by atoms with E-state index in [4.69, 9.17) is 0 Å². The zero-order valence-corrected chi connectivity index (χ0v) is 13.3. The van der Waals surface area contributed by atoms with Crippen LogP contribution in [0.5, 0.6) is 0 Å². The van der Waals surface area contributed by atoms with E-state index in [0.717, 1.165) is 29.8 Å². The minimum absolute atomic E-state index is 0.0452. The molecule has 0 unspecified atom stereocenters. The molecule has 0 bridgehead atoms. The summed E-state index contributed by atoms with van der Waals surface area (Å²) in [6, 6.07) is 0. The van der Waals surface area contributed by atoms with Gasteiger partial charge >= 0.3 is 0 Å². The summed E-state index contributed by atoms with van der Waals surface area (Å²) in [5.41, 5.74) is 0.790. The van der Waals surface area contributed by atoms with E-state index < -0.39 is 0 Å². The Kier molecular flexibility index (Phi) is 5.38. The highest BCUT2D eigenvalue weighted by Crippen LogP contribution is 2.23. The van der Waals surface area contributed by atoms with Crippen LogP contribution in [0.4, 0.5) is 5.82 Å². The second-order valence-corrected chi connectivity index (χ2v) is 5.35. The Morgan fingerprint density at radius 3 is 2.86 bits per heavy atom. The molecule has 8 heteroatoms. The van der Waals surface area contributed by atoms with Crippen LogP contribution in [0.1, 0.15) is 20.3 Å². The maximum Gasteiger partial charge on any atom is 0.216 e. The van der Waals surface area contributed by atoms with E-state index in [9.17, 15) is 4.79 Å². The molecule has 114 valence electrons. The Morgan fingerprint density at radius 2 is 2.19 bits per heavy atom. The molecule has 0 radical (unpaired) electrons. The smallest absolute Gasteiger partial charge is 0.216 e. The largest absolute Gasteiger partial charge is 0.369 e. The van der Waals surface area contributed by atoms with Crippen molar-refractivity contribution in [3.8, 4) is 0 Å². The van der Waals surface area contributed by atoms with Gasteiger partial charge < -0.3 is 10.6 Å². The molecule has 0 saturated heterocycles. The predicted molar refractivity (Wildman–Crippen MR) is 84.6 cm³/mol. The van der Waals surface area contributed by atoms with Crippen LogP contribution in [0.3, 0.4) is 0 Å². The minimum Gasteiger partial charge on any atom is -0.369 e. The number of nitrogens with one attached hydrogen (secondary N) is 2. The first-order valence-electron chi connectivity index (χ1n) is 6.91. The molecule has 2 aromatic rings. The average molecular weight is 308 g/mol. The third kappa shape index (κ3) is 3.84. The lowest BCUT2D eigenvalue weighted by Gasteiger charge is -2.08. The molecule has 2 heterocycles. The summed E-state index contributed by atoms with van der Waals surface area (Å²) < 4.78 is 1.80. The van der Waals surface area contributed by atoms with E-state index in [1.54, 1.807) is 10.9 Å². The van der Waals surface area contributed by atoms with Crippen molar-refractivity contribution in [2.75, 3.05) is 24.7 Å². The predicted octanol–water partition coefficient (Wildman–Crippen LogP) is 1.51. The SMILES string of the molecule is CCCNc1nc(SC)nc2c1cnn2CCNC(C)=O. The molecular formula is C13H20N6OS. The maximum atomic E-state index is 10.9. The van der Waals surface area contributed by atoms with Gasteiger partial charge in [0.25, 0.3) is 0 Å². The van der Waals surface area contributed by atoms with Crippen LogP contribution in [0.25, 0.3) is 11.0 Å². The van der Waals surface area contributed by atoms with E-state index in [-0.39, 0.29) is 5.91 Å². The standard InChI is InChI=1S/C13H20N6OS/c1-4-5-15-11-10-8-16-19(7-6-14-9(2)20)12(10)18-13(17-11)21-3/h8H,4-7H2,1-3H3,(H,14,20)(H,15,17,18). The zero-order chi connectivity index (χ0) is 15.2. The number of aromatic nitrogens is 4. The molecule has 0 spiro atoms. The second kappa shape index (κ2) is 7.26. The van der Waals surface area contributed by atoms with Crippen LogP contribution in [0, 0.1) is 0 Å². The number of amides is 1. The van der Waals surface area contributed by atoms with Gasteiger partial charge in [-0.25, -0.2) is 14.6 Å². The average Bonchev–Trinajstić information content (AvgIpc) is 2.87. The molecule has 2 aromatic heterocycles. The van der Waals surface area contributed by atoms with Gasteiger partial charge in [-0.3, -0.25) is 4.79 Å². The fourth-order valence-electron chi connectivity index (χ4n) is 1.91. The quantitative estimate of drug-likeness (QED) is 0.596. The van der Waals surface area contributed by atoms with Crippen LogP contribution in [0.2, 0.25) is 0 Å². The number of anilines is 1. The van der Waals surface area contributed by atoms with Crippen molar-refractivity contribution in [2.45, 2.75) is 32.0 Å². The molecule has 0 aliphatic carbocycles. The Morgan fingerprint density at radius 1 is 1.38 bits per heavy atom. The topological polar surface area (TPSA) is 84.7 Å². The van der Waals surface area contributed by atoms with E-state index in [0.29, 0.717) is 18.2 Å². The fourth-order valence-corrected chi connectivity index (χ4v) is 2.27. The van der Waals surface area contributed by atoms with Gasteiger partial charge in [-0.05, 0) is 12.7 Å². The van der Waals surface area contributed by atoms with Crippen LogP contribution in [0.15, 0.2) is 11.4 Å². The zero-order valence-electron chi connectivity index (χ0n) is 12.5. The third-order valence-corrected chi connectivity index (χ3v) is 3.45. The number of carbonyl (C=O) groups is 1. The van der Waals surface area contributed by atoms with E-state index in [2.05, 4.69) is 32.6 Å². The maximum absolute atomic E-state index is 10.9. The molecular weight excluding hydrogens is 288 g/mol. The third-order valence-electron chi connectivity index (χ3n) is 2.90. The fraction of sp³-hybridized carbons (Fsp3) is 0.538. The number of hydrogen-bond donors (Lipinski definition) is 2. The molecule has 1 amide bonds. The minimum atomic E-state index is -0.0452. The molecule has 0 aromatic carbocycles. The highest BCUT2D eigenvalue weighted by Gasteiger charge is 2.12. The van der Waals surface area contributed by atoms with Gasteiger partial charge in [0.2, 0.25) is 5.91 Å². The molecule has 2 N–H and O–H groups in total. The summed E-state index contributed by atoms with van der Waals surface area (Å²) in [6.45, 7) is 5.58. The molecule has 0 atom stereocenters. The summed E-state index contributed by atoms with van der Waals surface area (Å²) in [4.78, 5) is 19.9. The molecule has 0 aliphatic rings. The van der Waals surface area contributed by atoms with Crippen LogP contribution in [-0.2, 0) is 11.3 Å². The Bertz CT molecular complexity index is 626. The van der Waals surface area contributed by atoms with Crippen molar-refractivity contribution in [1.29, 1.82) is 0 Å². The second-order valence-electron chi connectivity index (χ2n) is 4.57. The first kappa shape index (κ1) is 15.6. The van der Waals surface area contributed by atoms with Gasteiger partial charge in [0.05, 0.1) is 18.1 Å².